The molecule has 0 rings (SSSR count). The second-order valence-electron chi connectivity index (χ2n) is 1.61. The molecule has 0 heterocycles. The summed E-state index contributed by atoms with van der Waals surface area (Å²) in [4.78, 5) is 0. The maximum absolute atomic E-state index is 11.5. The molecule has 1 nitrogen and oxygen atoms in total. The highest BCUT2D eigenvalue weighted by Crippen LogP contribution is 1.78. The zero-order valence-electron chi connectivity index (χ0n) is 4.87. The topological polar surface area (TPSA) is 12.0 Å². The van der Waals surface area contributed by atoms with Crippen molar-refractivity contribution in [1.29, 1.82) is 0 Å². The molecule has 7 heavy (non-hydrogen) atoms. The summed E-state index contributed by atoms with van der Waals surface area (Å²) in [6.07, 6.45) is 0. The maximum atomic E-state index is 11.5. The maximum Gasteiger partial charge on any atom is 0.104 e. The predicted octanol–water partition coefficient (Wildman–Crippen LogP) is 0.954. The van der Waals surface area contributed by atoms with Crippen molar-refractivity contribution >= 4 is 0 Å². The lowest BCUT2D eigenvalue weighted by Crippen LogP contribution is -2.26. The molecule has 1 unspecified atom stereocenters. The van der Waals surface area contributed by atoms with Gasteiger partial charge >= 0.3 is 0 Å². The predicted molar refractivity (Wildman–Crippen MR) is 29.1 cm³/mol. The van der Waals surface area contributed by atoms with E-state index in [9.17, 15) is 4.39 Å². The number of hydrogen-bond acceptors (Lipinski definition) is 1. The second-order valence-corrected chi connectivity index (χ2v) is 1.61. The summed E-state index contributed by atoms with van der Waals surface area (Å²) in [6, 6.07) is 0.0324. The Kier molecular flexibility index (Phi) is 4.00. The van der Waals surface area contributed by atoms with Gasteiger partial charge in [-0.05, 0) is 13.5 Å². The third-order valence-electron chi connectivity index (χ3n) is 0.784. The SMILES string of the molecule is CCNC(C)CF. The smallest absolute Gasteiger partial charge is 0.104 e. The molecule has 2 heteroatoms. The van der Waals surface area contributed by atoms with Crippen molar-refractivity contribution in [2.75, 3.05) is 13.2 Å². The molecule has 0 aromatic rings. The summed E-state index contributed by atoms with van der Waals surface area (Å²) in [5.41, 5.74) is 0. The minimum Gasteiger partial charge on any atom is -0.312 e. The molecule has 0 saturated carbocycles. The van der Waals surface area contributed by atoms with E-state index in [1.54, 1.807) is 0 Å². The van der Waals surface area contributed by atoms with Crippen LogP contribution >= 0.6 is 0 Å². The largest absolute Gasteiger partial charge is 0.312 e. The molecule has 0 saturated heterocycles. The first kappa shape index (κ1) is 6.89. The number of alkyl halides is 1. The molecule has 0 aromatic heterocycles. The van der Waals surface area contributed by atoms with E-state index in [-0.39, 0.29) is 12.7 Å². The van der Waals surface area contributed by atoms with Crippen molar-refractivity contribution in [3.63, 3.8) is 0 Å². The van der Waals surface area contributed by atoms with E-state index in [0.29, 0.717) is 0 Å². The average Bonchev–Trinajstić information content (AvgIpc) is 1.68. The highest BCUT2D eigenvalue weighted by atomic mass is 19.1. The van der Waals surface area contributed by atoms with Crippen molar-refractivity contribution in [2.45, 2.75) is 19.9 Å². The Balaban J connectivity index is 2.83. The quantitative estimate of drug-likeness (QED) is 0.563. The van der Waals surface area contributed by atoms with Crippen LogP contribution in [0.2, 0.25) is 0 Å². The molecular formula is C5H12FN. The van der Waals surface area contributed by atoms with Crippen molar-refractivity contribution < 1.29 is 4.39 Å². The molecule has 0 spiro atoms. The van der Waals surface area contributed by atoms with Crippen molar-refractivity contribution in [3.05, 3.63) is 0 Å². The normalized spacial score (nSPS) is 14.1. The Bertz CT molecular complexity index is 39.1. The van der Waals surface area contributed by atoms with E-state index in [4.69, 9.17) is 0 Å². The van der Waals surface area contributed by atoms with Crippen molar-refractivity contribution in [2.24, 2.45) is 0 Å². The number of nitrogens with one attached hydrogen (secondary N) is 1. The van der Waals surface area contributed by atoms with Gasteiger partial charge in [-0.2, -0.15) is 0 Å². The highest BCUT2D eigenvalue weighted by Gasteiger charge is 1.93. The summed E-state index contributed by atoms with van der Waals surface area (Å²) < 4.78 is 11.5. The van der Waals surface area contributed by atoms with Gasteiger partial charge in [0.25, 0.3) is 0 Å². The minimum absolute atomic E-state index is 0.0324. The van der Waals surface area contributed by atoms with Gasteiger partial charge in [0.1, 0.15) is 6.67 Å². The fraction of sp³-hybridized carbons (Fsp3) is 1.00. The fourth-order valence-corrected chi connectivity index (χ4v) is 0.403. The van der Waals surface area contributed by atoms with Crippen LogP contribution in [0.1, 0.15) is 13.8 Å². The van der Waals surface area contributed by atoms with Crippen LogP contribution in [0.25, 0.3) is 0 Å². The van der Waals surface area contributed by atoms with E-state index < -0.39 is 0 Å². The van der Waals surface area contributed by atoms with Gasteiger partial charge in [-0.3, -0.25) is 0 Å². The molecular weight excluding hydrogens is 93.1 g/mol. The van der Waals surface area contributed by atoms with Crippen LogP contribution in [0.5, 0.6) is 0 Å². The molecule has 44 valence electrons. The third kappa shape index (κ3) is 3.73. The van der Waals surface area contributed by atoms with Gasteiger partial charge in [-0.25, -0.2) is 4.39 Å². The van der Waals surface area contributed by atoms with Gasteiger partial charge in [0.2, 0.25) is 0 Å². The fourth-order valence-electron chi connectivity index (χ4n) is 0.403. The van der Waals surface area contributed by atoms with Gasteiger partial charge in [0.15, 0.2) is 0 Å². The van der Waals surface area contributed by atoms with E-state index in [0.717, 1.165) is 6.54 Å². The first-order valence-electron chi connectivity index (χ1n) is 2.60. The van der Waals surface area contributed by atoms with Crippen LogP contribution in [-0.2, 0) is 0 Å². The van der Waals surface area contributed by atoms with Crippen LogP contribution in [-0.4, -0.2) is 19.3 Å². The van der Waals surface area contributed by atoms with Gasteiger partial charge in [-0.1, -0.05) is 6.92 Å². The standard InChI is InChI=1S/C5H12FN/c1-3-7-5(2)4-6/h5,7H,3-4H2,1-2H3. The zero-order chi connectivity index (χ0) is 5.70. The Hall–Kier alpha value is -0.110. The molecule has 0 fully saturated rings. The van der Waals surface area contributed by atoms with Crippen molar-refractivity contribution in [3.8, 4) is 0 Å². The number of hydrogen-bond donors (Lipinski definition) is 1. The monoisotopic (exact) mass is 105 g/mol. The van der Waals surface area contributed by atoms with E-state index in [1.165, 1.54) is 0 Å². The van der Waals surface area contributed by atoms with Gasteiger partial charge in [-0.15, -0.1) is 0 Å². The van der Waals surface area contributed by atoms with Gasteiger partial charge in [0.05, 0.1) is 0 Å². The van der Waals surface area contributed by atoms with Crippen LogP contribution < -0.4 is 5.32 Å². The molecule has 0 aromatic carbocycles. The van der Waals surface area contributed by atoms with Crippen LogP contribution in [0, 0.1) is 0 Å². The number of halogens is 1. The molecule has 1 N–H and O–H groups in total. The summed E-state index contributed by atoms with van der Waals surface area (Å²) in [6.45, 7) is 4.37. The first-order valence-corrected chi connectivity index (χ1v) is 2.60. The minimum atomic E-state index is -0.270. The van der Waals surface area contributed by atoms with E-state index in [2.05, 4.69) is 5.32 Å². The third-order valence-corrected chi connectivity index (χ3v) is 0.784. The lowest BCUT2D eigenvalue weighted by Gasteiger charge is -2.04. The molecule has 1 atom stereocenters. The van der Waals surface area contributed by atoms with Gasteiger partial charge in [0, 0.05) is 6.04 Å². The second kappa shape index (κ2) is 4.06. The Morgan fingerprint density at radius 1 is 1.71 bits per heavy atom. The zero-order valence-corrected chi connectivity index (χ0v) is 4.87. The number of rotatable bonds is 3. The molecule has 0 aliphatic rings. The van der Waals surface area contributed by atoms with Crippen LogP contribution in [0.4, 0.5) is 4.39 Å². The lowest BCUT2D eigenvalue weighted by atomic mass is 10.4. The van der Waals surface area contributed by atoms with Gasteiger partial charge < -0.3 is 5.32 Å². The molecule has 0 amide bonds. The summed E-state index contributed by atoms with van der Waals surface area (Å²) >= 11 is 0. The van der Waals surface area contributed by atoms with E-state index in [1.807, 2.05) is 13.8 Å². The molecule has 0 aliphatic heterocycles. The van der Waals surface area contributed by atoms with Crippen LogP contribution in [0.15, 0.2) is 0 Å². The average molecular weight is 105 g/mol. The lowest BCUT2D eigenvalue weighted by molar-refractivity contribution is 0.398. The summed E-state index contributed by atoms with van der Waals surface area (Å²) in [7, 11) is 0. The Labute approximate surface area is 43.9 Å². The summed E-state index contributed by atoms with van der Waals surface area (Å²) in [5.74, 6) is 0. The molecule has 0 radical (unpaired) electrons. The van der Waals surface area contributed by atoms with E-state index >= 15 is 0 Å². The van der Waals surface area contributed by atoms with Crippen LogP contribution in [0.3, 0.4) is 0 Å². The molecule has 0 bridgehead atoms. The first-order chi connectivity index (χ1) is 3.31. The van der Waals surface area contributed by atoms with Crippen molar-refractivity contribution in [1.82, 2.24) is 5.32 Å². The summed E-state index contributed by atoms with van der Waals surface area (Å²) in [5, 5.41) is 2.92. The molecule has 0 aliphatic carbocycles. The highest BCUT2D eigenvalue weighted by molar-refractivity contribution is 4.53. The Morgan fingerprint density at radius 3 is 2.43 bits per heavy atom. The Morgan fingerprint density at radius 2 is 2.29 bits per heavy atom.